The minimum Gasteiger partial charge on any atom is -0.377 e. The lowest BCUT2D eigenvalue weighted by Gasteiger charge is -2.39. The summed E-state index contributed by atoms with van der Waals surface area (Å²) in [5.41, 5.74) is 0.848. The van der Waals surface area contributed by atoms with E-state index in [0.29, 0.717) is 0 Å². The molecule has 1 aliphatic rings. The standard InChI is InChI=1S/C12H17N3O/c1-11(2)10(16)14-9-7-13-6-5-8(9)15-12(11,3)4/h5-7,15H,1-4H3,(H,14,16). The maximum Gasteiger partial charge on any atom is 0.232 e. The SMILES string of the molecule is CC1(C)Nc2ccncc2NC(=O)C1(C)C. The van der Waals surface area contributed by atoms with E-state index in [2.05, 4.69) is 15.6 Å². The smallest absolute Gasteiger partial charge is 0.232 e. The van der Waals surface area contributed by atoms with Crippen molar-refractivity contribution < 1.29 is 4.79 Å². The quantitative estimate of drug-likeness (QED) is 0.703. The first-order chi connectivity index (χ1) is 7.34. The molecule has 2 heterocycles. The van der Waals surface area contributed by atoms with Gasteiger partial charge in [0.1, 0.15) is 0 Å². The molecule has 0 aromatic carbocycles. The Balaban J connectivity index is 2.53. The second kappa shape index (κ2) is 3.20. The summed E-state index contributed by atoms with van der Waals surface area (Å²) >= 11 is 0. The van der Waals surface area contributed by atoms with Crippen molar-refractivity contribution in [2.45, 2.75) is 33.2 Å². The topological polar surface area (TPSA) is 54.0 Å². The summed E-state index contributed by atoms with van der Waals surface area (Å²) in [5.74, 6) is 0.0109. The molecule has 4 heteroatoms. The van der Waals surface area contributed by atoms with Crippen LogP contribution in [-0.4, -0.2) is 16.4 Å². The van der Waals surface area contributed by atoms with E-state index < -0.39 is 5.41 Å². The zero-order chi connectivity index (χ0) is 12.0. The van der Waals surface area contributed by atoms with Crippen molar-refractivity contribution in [3.8, 4) is 0 Å². The van der Waals surface area contributed by atoms with Crippen molar-refractivity contribution in [2.75, 3.05) is 10.6 Å². The number of carbonyl (C=O) groups is 1. The normalized spacial score (nSPS) is 21.4. The molecule has 0 saturated carbocycles. The molecule has 2 rings (SSSR count). The number of rotatable bonds is 0. The number of fused-ring (bicyclic) bond motifs is 1. The number of pyridine rings is 1. The van der Waals surface area contributed by atoms with Gasteiger partial charge in [-0.15, -0.1) is 0 Å². The maximum atomic E-state index is 12.1. The molecule has 0 spiro atoms. The summed E-state index contributed by atoms with van der Waals surface area (Å²) in [5, 5.41) is 6.30. The van der Waals surface area contributed by atoms with Crippen LogP contribution in [0.15, 0.2) is 18.5 Å². The number of hydrogen-bond donors (Lipinski definition) is 2. The average Bonchev–Trinajstić information content (AvgIpc) is 2.25. The van der Waals surface area contributed by atoms with Crippen molar-refractivity contribution in [3.63, 3.8) is 0 Å². The summed E-state index contributed by atoms with van der Waals surface area (Å²) in [7, 11) is 0. The van der Waals surface area contributed by atoms with Gasteiger partial charge < -0.3 is 10.6 Å². The molecule has 0 saturated heterocycles. The lowest BCUT2D eigenvalue weighted by molar-refractivity contribution is -0.126. The van der Waals surface area contributed by atoms with Crippen LogP contribution in [0.5, 0.6) is 0 Å². The highest BCUT2D eigenvalue weighted by Crippen LogP contribution is 2.39. The molecule has 1 aliphatic heterocycles. The molecule has 1 aromatic rings. The predicted octanol–water partition coefficient (Wildman–Crippen LogP) is 2.25. The van der Waals surface area contributed by atoms with E-state index in [-0.39, 0.29) is 11.4 Å². The van der Waals surface area contributed by atoms with E-state index in [9.17, 15) is 4.79 Å². The van der Waals surface area contributed by atoms with Gasteiger partial charge in [-0.2, -0.15) is 0 Å². The summed E-state index contributed by atoms with van der Waals surface area (Å²) in [4.78, 5) is 16.2. The fraction of sp³-hybridized carbons (Fsp3) is 0.500. The van der Waals surface area contributed by atoms with E-state index in [1.807, 2.05) is 33.8 Å². The monoisotopic (exact) mass is 219 g/mol. The summed E-state index contributed by atoms with van der Waals surface area (Å²) in [6.07, 6.45) is 3.38. The number of amides is 1. The second-order valence-electron chi connectivity index (χ2n) is 5.25. The third-order valence-electron chi connectivity index (χ3n) is 3.65. The van der Waals surface area contributed by atoms with Crippen LogP contribution >= 0.6 is 0 Å². The Labute approximate surface area is 95.5 Å². The largest absolute Gasteiger partial charge is 0.377 e. The third-order valence-corrected chi connectivity index (χ3v) is 3.65. The molecule has 0 unspecified atom stereocenters. The van der Waals surface area contributed by atoms with Crippen LogP contribution in [0.2, 0.25) is 0 Å². The first kappa shape index (κ1) is 10.9. The van der Waals surface area contributed by atoms with Gasteiger partial charge in [0.15, 0.2) is 0 Å². The van der Waals surface area contributed by atoms with Gasteiger partial charge in [-0.25, -0.2) is 0 Å². The summed E-state index contributed by atoms with van der Waals surface area (Å²) in [6, 6.07) is 1.87. The van der Waals surface area contributed by atoms with Crippen molar-refractivity contribution in [3.05, 3.63) is 18.5 Å². The predicted molar refractivity (Wildman–Crippen MR) is 64.3 cm³/mol. The molecule has 2 N–H and O–H groups in total. The molecule has 1 aromatic heterocycles. The van der Waals surface area contributed by atoms with Gasteiger partial charge in [0, 0.05) is 11.7 Å². The molecule has 4 nitrogen and oxygen atoms in total. The summed E-state index contributed by atoms with van der Waals surface area (Å²) in [6.45, 7) is 7.94. The van der Waals surface area contributed by atoms with E-state index in [4.69, 9.17) is 0 Å². The van der Waals surface area contributed by atoms with Gasteiger partial charge in [0.05, 0.1) is 23.0 Å². The number of carbonyl (C=O) groups excluding carboxylic acids is 1. The van der Waals surface area contributed by atoms with E-state index in [1.54, 1.807) is 12.4 Å². The Hall–Kier alpha value is -1.58. The Morgan fingerprint density at radius 2 is 1.88 bits per heavy atom. The highest BCUT2D eigenvalue weighted by molar-refractivity contribution is 6.00. The van der Waals surface area contributed by atoms with Crippen LogP contribution < -0.4 is 10.6 Å². The van der Waals surface area contributed by atoms with Crippen LogP contribution in [-0.2, 0) is 4.79 Å². The number of nitrogens with one attached hydrogen (secondary N) is 2. The Bertz CT molecular complexity index is 438. The van der Waals surface area contributed by atoms with E-state index in [1.165, 1.54) is 0 Å². The van der Waals surface area contributed by atoms with Crippen LogP contribution in [0.3, 0.4) is 0 Å². The third kappa shape index (κ3) is 1.45. The van der Waals surface area contributed by atoms with Gasteiger partial charge in [-0.3, -0.25) is 9.78 Å². The van der Waals surface area contributed by atoms with Gasteiger partial charge >= 0.3 is 0 Å². The maximum absolute atomic E-state index is 12.1. The van der Waals surface area contributed by atoms with Crippen LogP contribution in [0.4, 0.5) is 11.4 Å². The van der Waals surface area contributed by atoms with Gasteiger partial charge in [-0.05, 0) is 33.8 Å². The van der Waals surface area contributed by atoms with Crippen molar-refractivity contribution in [1.82, 2.24) is 4.98 Å². The molecule has 0 radical (unpaired) electrons. The van der Waals surface area contributed by atoms with Crippen molar-refractivity contribution >= 4 is 17.3 Å². The van der Waals surface area contributed by atoms with Crippen LogP contribution in [0, 0.1) is 5.41 Å². The second-order valence-corrected chi connectivity index (χ2v) is 5.25. The van der Waals surface area contributed by atoms with Gasteiger partial charge in [-0.1, -0.05) is 0 Å². The Morgan fingerprint density at radius 1 is 1.19 bits per heavy atom. The van der Waals surface area contributed by atoms with Crippen molar-refractivity contribution in [1.29, 1.82) is 0 Å². The van der Waals surface area contributed by atoms with Gasteiger partial charge in [0.2, 0.25) is 5.91 Å². The van der Waals surface area contributed by atoms with Crippen LogP contribution in [0.25, 0.3) is 0 Å². The Morgan fingerprint density at radius 3 is 2.56 bits per heavy atom. The molecule has 16 heavy (non-hydrogen) atoms. The molecule has 0 aliphatic carbocycles. The zero-order valence-electron chi connectivity index (χ0n) is 10.1. The average molecular weight is 219 g/mol. The fourth-order valence-corrected chi connectivity index (χ4v) is 1.66. The Kier molecular flexibility index (Phi) is 2.19. The molecule has 86 valence electrons. The zero-order valence-corrected chi connectivity index (χ0v) is 10.1. The van der Waals surface area contributed by atoms with E-state index in [0.717, 1.165) is 11.4 Å². The fourth-order valence-electron chi connectivity index (χ4n) is 1.66. The number of aromatic nitrogens is 1. The van der Waals surface area contributed by atoms with Gasteiger partial charge in [0.25, 0.3) is 0 Å². The number of nitrogens with zero attached hydrogens (tertiary/aromatic N) is 1. The molecule has 0 atom stereocenters. The number of hydrogen-bond acceptors (Lipinski definition) is 3. The van der Waals surface area contributed by atoms with Crippen molar-refractivity contribution in [2.24, 2.45) is 5.41 Å². The molecular formula is C12H17N3O. The number of anilines is 2. The first-order valence-electron chi connectivity index (χ1n) is 5.38. The highest BCUT2D eigenvalue weighted by Gasteiger charge is 2.45. The lowest BCUT2D eigenvalue weighted by Crippen LogP contribution is -2.50. The molecular weight excluding hydrogens is 202 g/mol. The summed E-state index contributed by atoms with van der Waals surface area (Å²) < 4.78 is 0. The minimum atomic E-state index is -0.494. The molecule has 0 fully saturated rings. The van der Waals surface area contributed by atoms with Crippen LogP contribution in [0.1, 0.15) is 27.7 Å². The molecule has 1 amide bonds. The molecule has 0 bridgehead atoms. The minimum absolute atomic E-state index is 0.0109. The lowest BCUT2D eigenvalue weighted by atomic mass is 9.74. The van der Waals surface area contributed by atoms with E-state index >= 15 is 0 Å². The highest BCUT2D eigenvalue weighted by atomic mass is 16.2. The first-order valence-corrected chi connectivity index (χ1v) is 5.38.